The number of carbonyl (C=O) groups excluding carboxylic acids is 1. The van der Waals surface area contributed by atoms with Gasteiger partial charge >= 0.3 is 0 Å². The Kier molecular flexibility index (Phi) is 2.75. The molecule has 0 atom stereocenters. The zero-order chi connectivity index (χ0) is 11.9. The molecule has 1 aliphatic heterocycles. The van der Waals surface area contributed by atoms with Gasteiger partial charge in [-0.05, 0) is 28.1 Å². The van der Waals surface area contributed by atoms with E-state index in [0.717, 1.165) is 6.07 Å². The van der Waals surface area contributed by atoms with E-state index in [4.69, 9.17) is 0 Å². The van der Waals surface area contributed by atoms with Gasteiger partial charge in [0.15, 0.2) is 9.84 Å². The molecule has 4 nitrogen and oxygen atoms in total. The van der Waals surface area contributed by atoms with Crippen molar-refractivity contribution in [3.05, 3.63) is 22.4 Å². The number of anilines is 1. The fraction of sp³-hybridized carbons (Fsp3) is 0.222. The van der Waals surface area contributed by atoms with E-state index in [1.54, 1.807) is 0 Å². The average molecular weight is 308 g/mol. The molecule has 86 valence electrons. The second-order valence-electron chi connectivity index (χ2n) is 3.38. The molecule has 1 amide bonds. The van der Waals surface area contributed by atoms with Crippen LogP contribution in [0.3, 0.4) is 0 Å². The summed E-state index contributed by atoms with van der Waals surface area (Å²) in [7, 11) is -3.53. The summed E-state index contributed by atoms with van der Waals surface area (Å²) >= 11 is 2.91. The van der Waals surface area contributed by atoms with Crippen molar-refractivity contribution in [3.8, 4) is 0 Å². The molecule has 16 heavy (non-hydrogen) atoms. The van der Waals surface area contributed by atoms with Gasteiger partial charge < -0.3 is 5.32 Å². The number of fused-ring (bicyclic) bond motifs is 1. The average Bonchev–Trinajstić information content (AvgIpc) is 2.29. The number of nitrogens with one attached hydrogen (secondary N) is 1. The molecular formula is C9H7BrFNO3S. The molecule has 0 aliphatic carbocycles. The normalized spacial score (nSPS) is 18.5. The summed E-state index contributed by atoms with van der Waals surface area (Å²) in [5.41, 5.74) is 0.00296. The first-order valence-electron chi connectivity index (χ1n) is 4.42. The first kappa shape index (κ1) is 11.5. The highest BCUT2D eigenvalue weighted by Gasteiger charge is 2.26. The second-order valence-corrected chi connectivity index (χ2v) is 6.31. The van der Waals surface area contributed by atoms with E-state index in [2.05, 4.69) is 21.2 Å². The topological polar surface area (TPSA) is 63.2 Å². The van der Waals surface area contributed by atoms with E-state index in [9.17, 15) is 17.6 Å². The Morgan fingerprint density at radius 3 is 2.75 bits per heavy atom. The number of hydrogen-bond donors (Lipinski definition) is 1. The summed E-state index contributed by atoms with van der Waals surface area (Å²) < 4.78 is 36.8. The van der Waals surface area contributed by atoms with E-state index < -0.39 is 21.6 Å². The van der Waals surface area contributed by atoms with Crippen molar-refractivity contribution in [2.75, 3.05) is 11.1 Å². The molecule has 1 aliphatic rings. The summed E-state index contributed by atoms with van der Waals surface area (Å²) in [6.07, 6.45) is -0.115. The number of benzene rings is 1. The molecule has 0 unspecified atom stereocenters. The minimum atomic E-state index is -3.53. The SMILES string of the molecule is O=C1CCS(=O)(=O)c2cc(Br)c(F)cc2N1. The molecule has 1 heterocycles. The Morgan fingerprint density at radius 2 is 2.06 bits per heavy atom. The third kappa shape index (κ3) is 1.97. The maximum absolute atomic E-state index is 13.2. The largest absolute Gasteiger partial charge is 0.325 e. The number of carbonyl (C=O) groups is 1. The van der Waals surface area contributed by atoms with E-state index >= 15 is 0 Å². The van der Waals surface area contributed by atoms with Gasteiger partial charge in [0.2, 0.25) is 5.91 Å². The lowest BCUT2D eigenvalue weighted by Gasteiger charge is -2.07. The van der Waals surface area contributed by atoms with Crippen molar-refractivity contribution in [1.82, 2.24) is 0 Å². The van der Waals surface area contributed by atoms with Gasteiger partial charge in [0.25, 0.3) is 0 Å². The first-order valence-corrected chi connectivity index (χ1v) is 6.86. The summed E-state index contributed by atoms with van der Waals surface area (Å²) in [6, 6.07) is 2.17. The van der Waals surface area contributed by atoms with Gasteiger partial charge in [0.05, 0.1) is 20.8 Å². The van der Waals surface area contributed by atoms with Crippen LogP contribution in [0, 0.1) is 5.82 Å². The fourth-order valence-electron chi connectivity index (χ4n) is 1.43. The maximum atomic E-state index is 13.2. The lowest BCUT2D eigenvalue weighted by molar-refractivity contribution is -0.115. The van der Waals surface area contributed by atoms with Crippen molar-refractivity contribution in [3.63, 3.8) is 0 Å². The first-order chi connectivity index (χ1) is 7.40. The molecule has 1 N–H and O–H groups in total. The lowest BCUT2D eigenvalue weighted by atomic mass is 10.3. The third-order valence-corrected chi connectivity index (χ3v) is 4.59. The zero-order valence-corrected chi connectivity index (χ0v) is 10.4. The highest BCUT2D eigenvalue weighted by atomic mass is 79.9. The number of hydrogen-bond acceptors (Lipinski definition) is 3. The number of halogens is 2. The zero-order valence-electron chi connectivity index (χ0n) is 7.96. The van der Waals surface area contributed by atoms with Crippen LogP contribution < -0.4 is 5.32 Å². The van der Waals surface area contributed by atoms with Crippen molar-refractivity contribution in [1.29, 1.82) is 0 Å². The molecule has 7 heteroatoms. The number of sulfone groups is 1. The molecule has 0 saturated carbocycles. The Bertz CT molecular complexity index is 570. The highest BCUT2D eigenvalue weighted by Crippen LogP contribution is 2.31. The number of amides is 1. The molecule has 1 aromatic rings. The van der Waals surface area contributed by atoms with Crippen LogP contribution in [0.4, 0.5) is 10.1 Å². The summed E-state index contributed by atoms with van der Waals surface area (Å²) in [4.78, 5) is 11.2. The van der Waals surface area contributed by atoms with Crippen LogP contribution in [0.25, 0.3) is 0 Å². The highest BCUT2D eigenvalue weighted by molar-refractivity contribution is 9.10. The summed E-state index contributed by atoms with van der Waals surface area (Å²) in [5, 5.41) is 2.37. The Balaban J connectivity index is 2.71. The van der Waals surface area contributed by atoms with Crippen LogP contribution in [-0.2, 0) is 14.6 Å². The van der Waals surface area contributed by atoms with E-state index in [0.29, 0.717) is 0 Å². The lowest BCUT2D eigenvalue weighted by Crippen LogP contribution is -2.11. The van der Waals surface area contributed by atoms with Gasteiger partial charge in [-0.3, -0.25) is 4.79 Å². The van der Waals surface area contributed by atoms with Crippen molar-refractivity contribution in [2.24, 2.45) is 0 Å². The van der Waals surface area contributed by atoms with Gasteiger partial charge in [0, 0.05) is 6.42 Å². The molecule has 0 spiro atoms. The minimum absolute atomic E-state index is 0.00296. The third-order valence-electron chi connectivity index (χ3n) is 2.23. The van der Waals surface area contributed by atoms with Crippen LogP contribution in [0.15, 0.2) is 21.5 Å². The van der Waals surface area contributed by atoms with Gasteiger partial charge in [0.1, 0.15) is 5.82 Å². The fourth-order valence-corrected chi connectivity index (χ4v) is 3.34. The van der Waals surface area contributed by atoms with Crippen molar-refractivity contribution >= 4 is 37.4 Å². The molecule has 0 aromatic heterocycles. The van der Waals surface area contributed by atoms with Crippen LogP contribution in [-0.4, -0.2) is 20.1 Å². The maximum Gasteiger partial charge on any atom is 0.225 e. The minimum Gasteiger partial charge on any atom is -0.325 e. The monoisotopic (exact) mass is 307 g/mol. The van der Waals surface area contributed by atoms with Crippen molar-refractivity contribution in [2.45, 2.75) is 11.3 Å². The Labute approximate surface area is 99.9 Å². The van der Waals surface area contributed by atoms with E-state index in [1.807, 2.05) is 0 Å². The van der Waals surface area contributed by atoms with Gasteiger partial charge in [-0.2, -0.15) is 0 Å². The standard InChI is InChI=1S/C9H7BrFNO3S/c10-5-3-8-7(4-6(5)11)12-9(13)1-2-16(8,14)15/h3-4H,1-2H2,(H,12,13). The van der Waals surface area contributed by atoms with Gasteiger partial charge in [-0.15, -0.1) is 0 Å². The smallest absolute Gasteiger partial charge is 0.225 e. The summed E-state index contributed by atoms with van der Waals surface area (Å²) in [6.45, 7) is 0. The van der Waals surface area contributed by atoms with Crippen LogP contribution >= 0.6 is 15.9 Å². The molecule has 0 saturated heterocycles. The van der Waals surface area contributed by atoms with E-state index in [1.165, 1.54) is 6.07 Å². The Hall–Kier alpha value is -0.950. The summed E-state index contributed by atoms with van der Waals surface area (Å²) in [5.74, 6) is -1.30. The molecule has 1 aromatic carbocycles. The van der Waals surface area contributed by atoms with Gasteiger partial charge in [-0.1, -0.05) is 0 Å². The predicted molar refractivity (Wildman–Crippen MR) is 59.4 cm³/mol. The van der Waals surface area contributed by atoms with Gasteiger partial charge in [-0.25, -0.2) is 12.8 Å². The molecular weight excluding hydrogens is 301 g/mol. The van der Waals surface area contributed by atoms with Crippen LogP contribution in [0.5, 0.6) is 0 Å². The quantitative estimate of drug-likeness (QED) is 0.742. The Morgan fingerprint density at radius 1 is 1.38 bits per heavy atom. The molecule has 0 fully saturated rings. The predicted octanol–water partition coefficient (Wildman–Crippen LogP) is 1.70. The van der Waals surface area contributed by atoms with E-state index in [-0.39, 0.29) is 27.2 Å². The van der Waals surface area contributed by atoms with Crippen LogP contribution in [0.2, 0.25) is 0 Å². The molecule has 2 rings (SSSR count). The molecule has 0 bridgehead atoms. The second kappa shape index (κ2) is 3.81. The van der Waals surface area contributed by atoms with Crippen LogP contribution in [0.1, 0.15) is 6.42 Å². The van der Waals surface area contributed by atoms with Crippen molar-refractivity contribution < 1.29 is 17.6 Å². The number of rotatable bonds is 0. The molecule has 0 radical (unpaired) electrons.